The van der Waals surface area contributed by atoms with Gasteiger partial charge in [-0.2, -0.15) is 0 Å². The molecule has 3 heterocycles. The Morgan fingerprint density at radius 1 is 1.07 bits per heavy atom. The van der Waals surface area contributed by atoms with Crippen molar-refractivity contribution >= 4 is 11.6 Å². The van der Waals surface area contributed by atoms with Gasteiger partial charge in [-0.15, -0.1) is 0 Å². The summed E-state index contributed by atoms with van der Waals surface area (Å²) >= 11 is 0. The summed E-state index contributed by atoms with van der Waals surface area (Å²) in [6.07, 6.45) is 1.96. The molecule has 0 saturated carbocycles. The van der Waals surface area contributed by atoms with Crippen molar-refractivity contribution in [1.29, 1.82) is 0 Å². The van der Waals surface area contributed by atoms with Gasteiger partial charge in [0.15, 0.2) is 5.69 Å². The second-order valence-electron chi connectivity index (χ2n) is 7.95. The topological polar surface area (TPSA) is 50.1 Å². The highest BCUT2D eigenvalue weighted by molar-refractivity contribution is 5.99. The standard InChI is InChI=1S/C23H28N4O2/c1-17(2)16-25-12-14-26(15-13-25)23(28)21-22(18-7-9-19(29-3)10-8-18)27-11-5-4-6-20(27)24-21/h4-11,17H,12-16H2,1-3H3. The molecule has 0 unspecified atom stereocenters. The molecule has 1 aliphatic heterocycles. The van der Waals surface area contributed by atoms with Crippen LogP contribution in [0.1, 0.15) is 24.3 Å². The zero-order chi connectivity index (χ0) is 20.4. The second-order valence-corrected chi connectivity index (χ2v) is 7.95. The third kappa shape index (κ3) is 3.98. The van der Waals surface area contributed by atoms with Crippen LogP contribution in [0.25, 0.3) is 16.9 Å². The molecule has 4 rings (SSSR count). The van der Waals surface area contributed by atoms with Crippen molar-refractivity contribution in [1.82, 2.24) is 19.2 Å². The van der Waals surface area contributed by atoms with Crippen molar-refractivity contribution in [3.8, 4) is 17.0 Å². The lowest BCUT2D eigenvalue weighted by molar-refractivity contribution is 0.0619. The van der Waals surface area contributed by atoms with Gasteiger partial charge in [-0.25, -0.2) is 4.98 Å². The van der Waals surface area contributed by atoms with Crippen LogP contribution < -0.4 is 4.74 Å². The Morgan fingerprint density at radius 3 is 2.45 bits per heavy atom. The molecule has 29 heavy (non-hydrogen) atoms. The Hall–Kier alpha value is -2.86. The van der Waals surface area contributed by atoms with Gasteiger partial charge in [0.1, 0.15) is 11.4 Å². The number of piperazine rings is 1. The van der Waals surface area contributed by atoms with Crippen LogP contribution in [0, 0.1) is 5.92 Å². The lowest BCUT2D eigenvalue weighted by Crippen LogP contribution is -2.49. The number of amides is 1. The lowest BCUT2D eigenvalue weighted by Gasteiger charge is -2.35. The van der Waals surface area contributed by atoms with E-state index >= 15 is 0 Å². The highest BCUT2D eigenvalue weighted by Gasteiger charge is 2.27. The number of benzene rings is 1. The molecule has 3 aromatic rings. The van der Waals surface area contributed by atoms with Crippen LogP contribution in [0.3, 0.4) is 0 Å². The molecule has 1 fully saturated rings. The zero-order valence-corrected chi connectivity index (χ0v) is 17.3. The summed E-state index contributed by atoms with van der Waals surface area (Å²) in [7, 11) is 1.65. The number of aromatic nitrogens is 2. The number of methoxy groups -OCH3 is 1. The third-order valence-corrected chi connectivity index (χ3v) is 5.38. The van der Waals surface area contributed by atoms with Gasteiger partial charge in [0.2, 0.25) is 0 Å². The van der Waals surface area contributed by atoms with E-state index in [-0.39, 0.29) is 5.91 Å². The molecule has 1 amide bonds. The molecule has 6 heteroatoms. The Morgan fingerprint density at radius 2 is 1.79 bits per heavy atom. The van der Waals surface area contributed by atoms with Crippen molar-refractivity contribution in [3.63, 3.8) is 0 Å². The first-order chi connectivity index (χ1) is 14.1. The van der Waals surface area contributed by atoms with Gasteiger partial charge in [-0.3, -0.25) is 14.1 Å². The number of nitrogens with zero attached hydrogens (tertiary/aromatic N) is 4. The predicted molar refractivity (Wildman–Crippen MR) is 114 cm³/mol. The predicted octanol–water partition coefficient (Wildman–Crippen LogP) is 3.42. The van der Waals surface area contributed by atoms with Crippen molar-refractivity contribution in [2.75, 3.05) is 39.8 Å². The van der Waals surface area contributed by atoms with Crippen LogP contribution in [0.15, 0.2) is 48.7 Å². The summed E-state index contributed by atoms with van der Waals surface area (Å²) in [6.45, 7) is 8.84. The quantitative estimate of drug-likeness (QED) is 0.668. The van der Waals surface area contributed by atoms with Gasteiger partial charge in [0.25, 0.3) is 5.91 Å². The Labute approximate surface area is 171 Å². The van der Waals surface area contributed by atoms with E-state index in [2.05, 4.69) is 18.7 Å². The molecule has 0 atom stereocenters. The number of pyridine rings is 1. The Bertz CT molecular complexity index is 986. The molecular formula is C23H28N4O2. The molecule has 0 spiro atoms. The summed E-state index contributed by atoms with van der Waals surface area (Å²) in [6, 6.07) is 13.6. The van der Waals surface area contributed by atoms with Gasteiger partial charge >= 0.3 is 0 Å². The van der Waals surface area contributed by atoms with Crippen LogP contribution >= 0.6 is 0 Å². The average Bonchev–Trinajstić information content (AvgIpc) is 3.13. The van der Waals surface area contributed by atoms with Crippen molar-refractivity contribution in [2.24, 2.45) is 5.92 Å². The Kier molecular flexibility index (Phi) is 5.53. The summed E-state index contributed by atoms with van der Waals surface area (Å²) in [5.74, 6) is 1.43. The van der Waals surface area contributed by atoms with Gasteiger partial charge in [0, 0.05) is 44.5 Å². The SMILES string of the molecule is COc1ccc(-c2c(C(=O)N3CCN(CC(C)C)CC3)nc3ccccn23)cc1. The fourth-order valence-corrected chi connectivity index (χ4v) is 3.97. The molecule has 0 radical (unpaired) electrons. The molecule has 1 aromatic carbocycles. The highest BCUT2D eigenvalue weighted by Crippen LogP contribution is 2.28. The summed E-state index contributed by atoms with van der Waals surface area (Å²) in [5, 5.41) is 0. The van der Waals surface area contributed by atoms with E-state index in [1.165, 1.54) is 0 Å². The van der Waals surface area contributed by atoms with Crippen molar-refractivity contribution in [2.45, 2.75) is 13.8 Å². The number of ether oxygens (including phenoxy) is 1. The molecule has 0 aliphatic carbocycles. The largest absolute Gasteiger partial charge is 0.497 e. The van der Waals surface area contributed by atoms with Crippen molar-refractivity contribution < 1.29 is 9.53 Å². The minimum atomic E-state index is 0.00344. The number of fused-ring (bicyclic) bond motifs is 1. The molecule has 152 valence electrons. The maximum absolute atomic E-state index is 13.4. The number of hydrogen-bond donors (Lipinski definition) is 0. The van der Waals surface area contributed by atoms with Crippen LogP contribution in [0.4, 0.5) is 0 Å². The highest BCUT2D eigenvalue weighted by atomic mass is 16.5. The molecule has 2 aromatic heterocycles. The van der Waals surface area contributed by atoms with Crippen LogP contribution in [-0.2, 0) is 0 Å². The normalized spacial score (nSPS) is 15.2. The molecule has 0 N–H and O–H groups in total. The molecule has 0 bridgehead atoms. The van der Waals surface area contributed by atoms with Crippen molar-refractivity contribution in [3.05, 3.63) is 54.4 Å². The van der Waals surface area contributed by atoms with E-state index in [0.29, 0.717) is 11.6 Å². The second kappa shape index (κ2) is 8.25. The van der Waals surface area contributed by atoms with E-state index in [1.807, 2.05) is 58.0 Å². The summed E-state index contributed by atoms with van der Waals surface area (Å²) in [4.78, 5) is 22.5. The number of carbonyl (C=O) groups is 1. The van der Waals surface area contributed by atoms with Gasteiger partial charge < -0.3 is 9.64 Å². The van der Waals surface area contributed by atoms with E-state index in [9.17, 15) is 4.79 Å². The lowest BCUT2D eigenvalue weighted by atomic mass is 10.1. The monoisotopic (exact) mass is 392 g/mol. The van der Waals surface area contributed by atoms with E-state index < -0.39 is 0 Å². The third-order valence-electron chi connectivity index (χ3n) is 5.38. The zero-order valence-electron chi connectivity index (χ0n) is 17.3. The van der Waals surface area contributed by atoms with Gasteiger partial charge in [-0.05, 0) is 42.3 Å². The van der Waals surface area contributed by atoms with Crippen LogP contribution in [0.5, 0.6) is 5.75 Å². The van der Waals surface area contributed by atoms with E-state index in [0.717, 1.165) is 55.4 Å². The number of hydrogen-bond acceptors (Lipinski definition) is 4. The van der Waals surface area contributed by atoms with Crippen LogP contribution in [-0.4, -0.2) is 64.9 Å². The molecule has 1 aliphatic rings. The van der Waals surface area contributed by atoms with Gasteiger partial charge in [0.05, 0.1) is 12.8 Å². The summed E-state index contributed by atoms with van der Waals surface area (Å²) in [5.41, 5.74) is 3.07. The Balaban J connectivity index is 1.66. The minimum Gasteiger partial charge on any atom is -0.497 e. The number of carbonyl (C=O) groups excluding carboxylic acids is 1. The number of rotatable bonds is 5. The fourth-order valence-electron chi connectivity index (χ4n) is 3.97. The molecule has 1 saturated heterocycles. The maximum Gasteiger partial charge on any atom is 0.274 e. The first-order valence-corrected chi connectivity index (χ1v) is 10.2. The van der Waals surface area contributed by atoms with E-state index in [1.54, 1.807) is 7.11 Å². The summed E-state index contributed by atoms with van der Waals surface area (Å²) < 4.78 is 7.27. The smallest absolute Gasteiger partial charge is 0.274 e. The van der Waals surface area contributed by atoms with Gasteiger partial charge in [-0.1, -0.05) is 19.9 Å². The average molecular weight is 393 g/mol. The molecular weight excluding hydrogens is 364 g/mol. The first kappa shape index (κ1) is 19.5. The number of imidazole rings is 1. The first-order valence-electron chi connectivity index (χ1n) is 10.2. The van der Waals surface area contributed by atoms with E-state index in [4.69, 9.17) is 9.72 Å². The fraction of sp³-hybridized carbons (Fsp3) is 0.391. The van der Waals surface area contributed by atoms with Crippen LogP contribution in [0.2, 0.25) is 0 Å². The maximum atomic E-state index is 13.4. The minimum absolute atomic E-state index is 0.00344. The molecule has 6 nitrogen and oxygen atoms in total.